The summed E-state index contributed by atoms with van der Waals surface area (Å²) in [5.41, 5.74) is 8.42. The Labute approximate surface area is 202 Å². The first-order chi connectivity index (χ1) is 15.7. The Balaban J connectivity index is 0.000000231. The van der Waals surface area contributed by atoms with Gasteiger partial charge in [0.25, 0.3) is 0 Å². The van der Waals surface area contributed by atoms with Crippen LogP contribution in [0.3, 0.4) is 0 Å². The van der Waals surface area contributed by atoms with Gasteiger partial charge in [-0.3, -0.25) is 0 Å². The van der Waals surface area contributed by atoms with Gasteiger partial charge >= 0.3 is 0 Å². The lowest BCUT2D eigenvalue weighted by Gasteiger charge is -2.04. The third-order valence-electron chi connectivity index (χ3n) is 4.08. The molecule has 32 heavy (non-hydrogen) atoms. The van der Waals surface area contributed by atoms with E-state index in [9.17, 15) is 0 Å². The van der Waals surface area contributed by atoms with Crippen LogP contribution in [0.1, 0.15) is 33.1 Å². The molecular formula is C29H35BrN2. The maximum absolute atomic E-state index is 5.36. The number of benzene rings is 4. The summed E-state index contributed by atoms with van der Waals surface area (Å²) in [5.74, 6) is 0. The monoisotopic (exact) mass is 490 g/mol. The molecule has 0 aromatic heterocycles. The van der Waals surface area contributed by atoms with Gasteiger partial charge in [-0.15, -0.1) is 0 Å². The second-order valence-corrected chi connectivity index (χ2v) is 7.83. The normalized spacial score (nSPS) is 8.97. The molecule has 0 unspecified atom stereocenters. The molecule has 0 radical (unpaired) electrons. The Morgan fingerprint density at radius 2 is 0.906 bits per heavy atom. The number of halogens is 1. The Morgan fingerprint density at radius 1 is 0.562 bits per heavy atom. The summed E-state index contributed by atoms with van der Waals surface area (Å²) in [7, 11) is 0. The lowest BCUT2D eigenvalue weighted by atomic mass is 10.3. The molecule has 4 rings (SSSR count). The van der Waals surface area contributed by atoms with E-state index in [1.807, 2.05) is 121 Å². The predicted molar refractivity (Wildman–Crippen MR) is 146 cm³/mol. The van der Waals surface area contributed by atoms with Crippen molar-refractivity contribution in [3.8, 4) is 0 Å². The summed E-state index contributed by atoms with van der Waals surface area (Å²) >= 11 is 3.31. The smallest absolute Gasteiger partial charge is 0.0384 e. The number of unbranched alkanes of at least 4 members (excludes halogenated alkanes) is 2. The summed E-state index contributed by atoms with van der Waals surface area (Å²) in [6.45, 7) is 4.42. The van der Waals surface area contributed by atoms with Gasteiger partial charge in [-0.1, -0.05) is 122 Å². The van der Waals surface area contributed by atoms with Crippen molar-refractivity contribution in [2.24, 2.45) is 0 Å². The molecule has 3 N–H and O–H groups in total. The van der Waals surface area contributed by atoms with E-state index in [4.69, 9.17) is 5.73 Å². The third-order valence-corrected chi connectivity index (χ3v) is 4.60. The molecule has 3 heteroatoms. The predicted octanol–water partition coefficient (Wildman–Crippen LogP) is 9.34. The van der Waals surface area contributed by atoms with Crippen molar-refractivity contribution in [3.63, 3.8) is 0 Å². The van der Waals surface area contributed by atoms with E-state index in [1.165, 1.54) is 19.3 Å². The van der Waals surface area contributed by atoms with Crippen LogP contribution < -0.4 is 11.1 Å². The zero-order chi connectivity index (χ0) is 23.3. The molecule has 0 atom stereocenters. The number of anilines is 3. The molecule has 0 fully saturated rings. The highest BCUT2D eigenvalue weighted by Crippen LogP contribution is 2.14. The van der Waals surface area contributed by atoms with Gasteiger partial charge in [0.15, 0.2) is 0 Å². The Hall–Kier alpha value is -3.04. The average Bonchev–Trinajstić information content (AvgIpc) is 2.83. The standard InChI is InChI=1S/C12H11N.C6H5Br.C6H7N.C5H12/c1-3-7-11(8-4-1)13-12-9-5-2-6-10-12;2*7-6-4-2-1-3-5-6;1-3-5-4-2/h1-10,13H;1-5H;1-5H,7H2;3-5H2,1-2H3. The van der Waals surface area contributed by atoms with Gasteiger partial charge in [-0.05, 0) is 48.5 Å². The summed E-state index contributed by atoms with van der Waals surface area (Å²) in [5, 5.41) is 3.30. The van der Waals surface area contributed by atoms with Crippen molar-refractivity contribution in [2.45, 2.75) is 33.1 Å². The molecule has 0 saturated carbocycles. The Kier molecular flexibility index (Phi) is 15.8. The van der Waals surface area contributed by atoms with Crippen LogP contribution in [0.5, 0.6) is 0 Å². The number of nitrogens with one attached hydrogen (secondary N) is 1. The largest absolute Gasteiger partial charge is 0.399 e. The first kappa shape index (κ1) is 27.0. The van der Waals surface area contributed by atoms with Crippen LogP contribution in [0.15, 0.2) is 126 Å². The second-order valence-electron chi connectivity index (χ2n) is 6.92. The molecule has 0 amide bonds. The number of nitrogen functional groups attached to an aromatic ring is 1. The molecule has 0 aliphatic heterocycles. The highest BCUT2D eigenvalue weighted by molar-refractivity contribution is 9.10. The minimum Gasteiger partial charge on any atom is -0.399 e. The lowest BCUT2D eigenvalue weighted by molar-refractivity contribution is 0.772. The van der Waals surface area contributed by atoms with Gasteiger partial charge in [-0.25, -0.2) is 0 Å². The number of nitrogens with two attached hydrogens (primary N) is 1. The van der Waals surface area contributed by atoms with Crippen molar-refractivity contribution in [2.75, 3.05) is 11.1 Å². The van der Waals surface area contributed by atoms with Gasteiger partial charge in [0.2, 0.25) is 0 Å². The van der Waals surface area contributed by atoms with Gasteiger partial charge in [-0.2, -0.15) is 0 Å². The van der Waals surface area contributed by atoms with E-state index >= 15 is 0 Å². The number of rotatable bonds is 4. The van der Waals surface area contributed by atoms with Crippen molar-refractivity contribution in [3.05, 3.63) is 126 Å². The van der Waals surface area contributed by atoms with E-state index < -0.39 is 0 Å². The van der Waals surface area contributed by atoms with Crippen molar-refractivity contribution < 1.29 is 0 Å². The minimum absolute atomic E-state index is 0.822. The molecule has 0 heterocycles. The molecule has 4 aromatic rings. The fraction of sp³-hybridized carbons (Fsp3) is 0.172. The van der Waals surface area contributed by atoms with Crippen molar-refractivity contribution in [1.82, 2.24) is 0 Å². The van der Waals surface area contributed by atoms with Crippen LogP contribution in [0.4, 0.5) is 17.1 Å². The zero-order valence-electron chi connectivity index (χ0n) is 19.1. The molecule has 0 saturated heterocycles. The fourth-order valence-corrected chi connectivity index (χ4v) is 2.74. The van der Waals surface area contributed by atoms with E-state index in [-0.39, 0.29) is 0 Å². The van der Waals surface area contributed by atoms with E-state index in [0.29, 0.717) is 0 Å². The summed E-state index contributed by atoms with van der Waals surface area (Å²) < 4.78 is 1.13. The first-order valence-corrected chi connectivity index (χ1v) is 11.8. The highest BCUT2D eigenvalue weighted by Gasteiger charge is 1.89. The van der Waals surface area contributed by atoms with Crippen LogP contribution in [-0.2, 0) is 0 Å². The molecule has 0 spiro atoms. The quantitative estimate of drug-likeness (QED) is 0.279. The molecule has 2 nitrogen and oxygen atoms in total. The van der Waals surface area contributed by atoms with Crippen molar-refractivity contribution in [1.29, 1.82) is 0 Å². The Morgan fingerprint density at radius 3 is 1.12 bits per heavy atom. The highest BCUT2D eigenvalue weighted by atomic mass is 79.9. The number of hydrogen-bond donors (Lipinski definition) is 2. The molecule has 4 aromatic carbocycles. The van der Waals surface area contributed by atoms with Gasteiger partial charge < -0.3 is 11.1 Å². The third kappa shape index (κ3) is 14.9. The molecule has 0 bridgehead atoms. The van der Waals surface area contributed by atoms with Gasteiger partial charge in [0.1, 0.15) is 0 Å². The Bertz CT molecular complexity index is 822. The van der Waals surface area contributed by atoms with Crippen molar-refractivity contribution >= 4 is 33.0 Å². The summed E-state index contributed by atoms with van der Waals surface area (Å²) in [4.78, 5) is 0. The minimum atomic E-state index is 0.822. The average molecular weight is 492 g/mol. The van der Waals surface area contributed by atoms with Crippen LogP contribution >= 0.6 is 15.9 Å². The molecule has 0 aliphatic rings. The van der Waals surface area contributed by atoms with E-state index in [2.05, 4.69) is 35.1 Å². The van der Waals surface area contributed by atoms with Gasteiger partial charge in [0, 0.05) is 21.5 Å². The van der Waals surface area contributed by atoms with Crippen LogP contribution in [0, 0.1) is 0 Å². The van der Waals surface area contributed by atoms with E-state index in [0.717, 1.165) is 21.5 Å². The second kappa shape index (κ2) is 18.7. The summed E-state index contributed by atoms with van der Waals surface area (Å²) in [6.07, 6.45) is 4.08. The van der Waals surface area contributed by atoms with Gasteiger partial charge in [0.05, 0.1) is 0 Å². The topological polar surface area (TPSA) is 38.0 Å². The van der Waals surface area contributed by atoms with Crippen LogP contribution in [0.2, 0.25) is 0 Å². The molecular weight excluding hydrogens is 456 g/mol. The van der Waals surface area contributed by atoms with Crippen LogP contribution in [0.25, 0.3) is 0 Å². The lowest BCUT2D eigenvalue weighted by Crippen LogP contribution is -1.87. The zero-order valence-corrected chi connectivity index (χ0v) is 20.7. The maximum Gasteiger partial charge on any atom is 0.0384 e. The van der Waals surface area contributed by atoms with Crippen LogP contribution in [-0.4, -0.2) is 0 Å². The summed E-state index contributed by atoms with van der Waals surface area (Å²) in [6, 6.07) is 39.7. The van der Waals surface area contributed by atoms with E-state index in [1.54, 1.807) is 0 Å². The molecule has 168 valence electrons. The fourth-order valence-electron chi connectivity index (χ4n) is 2.43. The number of para-hydroxylation sites is 3. The number of hydrogen-bond acceptors (Lipinski definition) is 2. The molecule has 0 aliphatic carbocycles. The SMILES string of the molecule is Brc1ccccc1.CCCCC.Nc1ccccc1.c1ccc(Nc2ccccc2)cc1. The maximum atomic E-state index is 5.36. The first-order valence-electron chi connectivity index (χ1n) is 11.0.